The van der Waals surface area contributed by atoms with E-state index in [1.54, 1.807) is 0 Å². The number of alkyl halides is 1. The Morgan fingerprint density at radius 1 is 0.808 bits per heavy atom. The minimum atomic E-state index is -3.06. The molecule has 6 heteroatoms. The van der Waals surface area contributed by atoms with Gasteiger partial charge in [0.05, 0.1) is 6.61 Å². The van der Waals surface area contributed by atoms with E-state index in [0.717, 1.165) is 33.4 Å². The van der Waals surface area contributed by atoms with Gasteiger partial charge in [0, 0.05) is 17.7 Å². The molecule has 0 amide bonds. The highest BCUT2D eigenvalue weighted by molar-refractivity contribution is 8.07. The Hall–Kier alpha value is -1.06. The molecule has 2 aromatic carbocycles. The Morgan fingerprint density at radius 3 is 1.62 bits per heavy atom. The maximum absolute atomic E-state index is 6.16. The van der Waals surface area contributed by atoms with Crippen LogP contribution in [0.15, 0.2) is 24.3 Å². The molecule has 0 fully saturated rings. The normalized spacial score (nSPS) is 11.5. The number of rotatable bonds is 7. The van der Waals surface area contributed by atoms with Crippen molar-refractivity contribution in [2.75, 3.05) is 12.5 Å². The van der Waals surface area contributed by atoms with Gasteiger partial charge in [-0.1, -0.05) is 12.1 Å². The van der Waals surface area contributed by atoms with Gasteiger partial charge in [0.2, 0.25) is 0 Å². The average Bonchev–Trinajstić information content (AvgIpc) is 2.55. The maximum atomic E-state index is 6.16. The van der Waals surface area contributed by atoms with Crippen molar-refractivity contribution in [1.82, 2.24) is 0 Å². The van der Waals surface area contributed by atoms with Gasteiger partial charge in [-0.3, -0.25) is 4.52 Å². The van der Waals surface area contributed by atoms with Crippen molar-refractivity contribution in [2.45, 2.75) is 41.5 Å². The molecular weight excluding hydrogens is 387 g/mol. The molecule has 142 valence electrons. The number of aryl methyl sites for hydroxylation is 4. The second kappa shape index (κ2) is 8.75. The lowest BCUT2D eigenvalue weighted by Crippen LogP contribution is -2.08. The van der Waals surface area contributed by atoms with E-state index in [1.807, 2.05) is 53.7 Å². The Balaban J connectivity index is 2.42. The van der Waals surface area contributed by atoms with Crippen LogP contribution in [0.4, 0.5) is 0 Å². The van der Waals surface area contributed by atoms with E-state index in [0.29, 0.717) is 17.4 Å². The van der Waals surface area contributed by atoms with Crippen molar-refractivity contribution >= 4 is 30.1 Å². The molecule has 0 radical (unpaired) electrons. The maximum Gasteiger partial charge on any atom is 0.435 e. The van der Waals surface area contributed by atoms with E-state index in [1.165, 1.54) is 0 Å². The first-order valence-electron chi connectivity index (χ1n) is 8.50. The van der Waals surface area contributed by atoms with Crippen molar-refractivity contribution < 1.29 is 13.6 Å². The van der Waals surface area contributed by atoms with Gasteiger partial charge < -0.3 is 9.05 Å². The SMILES string of the molecule is Cc1cc(C)c(C)c(OP(=S)(OCCCl)Oc2cc(C)cc(C)c2C)c1. The summed E-state index contributed by atoms with van der Waals surface area (Å²) >= 11 is 11.5. The van der Waals surface area contributed by atoms with Crippen molar-refractivity contribution in [3.63, 3.8) is 0 Å². The average molecular weight is 413 g/mol. The number of halogens is 1. The number of hydrogen-bond donors (Lipinski definition) is 0. The zero-order valence-electron chi connectivity index (χ0n) is 16.2. The molecular formula is C20H26ClO3PS. The van der Waals surface area contributed by atoms with Crippen LogP contribution in [0.3, 0.4) is 0 Å². The second-order valence-electron chi connectivity index (χ2n) is 6.56. The molecule has 0 heterocycles. The predicted molar refractivity (Wildman–Crippen MR) is 114 cm³/mol. The van der Waals surface area contributed by atoms with E-state index in [4.69, 9.17) is 37.0 Å². The Labute approximate surface area is 166 Å². The van der Waals surface area contributed by atoms with Crippen molar-refractivity contribution in [1.29, 1.82) is 0 Å². The predicted octanol–water partition coefficient (Wildman–Crippen LogP) is 6.47. The molecule has 0 unspecified atom stereocenters. The van der Waals surface area contributed by atoms with E-state index in [-0.39, 0.29) is 6.61 Å². The van der Waals surface area contributed by atoms with Crippen LogP contribution in [0.5, 0.6) is 11.5 Å². The van der Waals surface area contributed by atoms with Gasteiger partial charge in [-0.15, -0.1) is 11.6 Å². The number of hydrogen-bond acceptors (Lipinski definition) is 4. The molecule has 0 atom stereocenters. The topological polar surface area (TPSA) is 27.7 Å². The van der Waals surface area contributed by atoms with Gasteiger partial charge in [-0.25, -0.2) is 0 Å². The lowest BCUT2D eigenvalue weighted by molar-refractivity contribution is 0.277. The minimum absolute atomic E-state index is 0.270. The van der Waals surface area contributed by atoms with Gasteiger partial charge in [0.25, 0.3) is 0 Å². The third-order valence-electron chi connectivity index (χ3n) is 4.27. The first kappa shape index (κ1) is 21.2. The largest absolute Gasteiger partial charge is 0.435 e. The number of benzene rings is 2. The van der Waals surface area contributed by atoms with E-state index in [9.17, 15) is 0 Å². The summed E-state index contributed by atoms with van der Waals surface area (Å²) < 4.78 is 18.1. The minimum Gasteiger partial charge on any atom is -0.415 e. The molecule has 0 aromatic heterocycles. The lowest BCUT2D eigenvalue weighted by atomic mass is 10.1. The quantitative estimate of drug-likeness (QED) is 0.384. The summed E-state index contributed by atoms with van der Waals surface area (Å²) in [4.78, 5) is 0. The highest BCUT2D eigenvalue weighted by Crippen LogP contribution is 2.51. The van der Waals surface area contributed by atoms with Crippen molar-refractivity contribution in [2.24, 2.45) is 0 Å². The van der Waals surface area contributed by atoms with Crippen LogP contribution in [0.25, 0.3) is 0 Å². The van der Waals surface area contributed by atoms with Gasteiger partial charge in [-0.05, 0) is 87.1 Å². The molecule has 0 aliphatic heterocycles. The Morgan fingerprint density at radius 2 is 1.23 bits per heavy atom. The molecule has 2 aromatic rings. The summed E-state index contributed by atoms with van der Waals surface area (Å²) in [6.07, 6.45) is 0. The summed E-state index contributed by atoms with van der Waals surface area (Å²) in [6.45, 7) is 9.37. The first-order chi connectivity index (χ1) is 12.1. The standard InChI is InChI=1S/C20H26ClO3PS/c1-13-9-15(3)17(5)19(11-13)23-25(26,22-8-7-21)24-20-12-14(2)10-16(4)18(20)6/h9-12H,7-8H2,1-6H3. The van der Waals surface area contributed by atoms with E-state index in [2.05, 4.69) is 12.1 Å². The first-order valence-corrected chi connectivity index (χ1v) is 11.6. The molecule has 2 rings (SSSR count). The van der Waals surface area contributed by atoms with Crippen LogP contribution in [-0.2, 0) is 16.3 Å². The highest BCUT2D eigenvalue weighted by Gasteiger charge is 2.27. The zero-order valence-corrected chi connectivity index (χ0v) is 18.6. The summed E-state index contributed by atoms with van der Waals surface area (Å²) in [5.41, 5.74) is 6.54. The molecule has 0 saturated carbocycles. The summed E-state index contributed by atoms with van der Waals surface area (Å²) in [5, 5.41) is 0. The van der Waals surface area contributed by atoms with E-state index < -0.39 is 6.72 Å². The molecule has 0 bridgehead atoms. The molecule has 0 N–H and O–H groups in total. The van der Waals surface area contributed by atoms with Crippen LogP contribution in [-0.4, -0.2) is 12.5 Å². The third-order valence-corrected chi connectivity index (χ3v) is 6.53. The summed E-state index contributed by atoms with van der Waals surface area (Å²) in [6, 6.07) is 8.15. The van der Waals surface area contributed by atoms with Gasteiger partial charge in [-0.2, -0.15) is 0 Å². The fourth-order valence-electron chi connectivity index (χ4n) is 2.65. The molecule has 3 nitrogen and oxygen atoms in total. The van der Waals surface area contributed by atoms with Gasteiger partial charge in [0.15, 0.2) is 0 Å². The molecule has 26 heavy (non-hydrogen) atoms. The molecule has 0 aliphatic rings. The Kier molecular flexibility index (Phi) is 7.15. The van der Waals surface area contributed by atoms with Crippen molar-refractivity contribution in [3.05, 3.63) is 57.6 Å². The second-order valence-corrected chi connectivity index (χ2v) is 9.80. The molecule has 0 spiro atoms. The van der Waals surface area contributed by atoms with Crippen LogP contribution in [0.2, 0.25) is 0 Å². The van der Waals surface area contributed by atoms with Crippen LogP contribution < -0.4 is 9.05 Å². The Bertz CT molecular complexity index is 788. The fraction of sp³-hybridized carbons (Fsp3) is 0.400. The van der Waals surface area contributed by atoms with Crippen molar-refractivity contribution in [3.8, 4) is 11.5 Å². The molecule has 0 aliphatic carbocycles. The smallest absolute Gasteiger partial charge is 0.415 e. The third kappa shape index (κ3) is 5.23. The summed E-state index contributed by atoms with van der Waals surface area (Å²) in [7, 11) is 0. The van der Waals surface area contributed by atoms with Crippen LogP contribution in [0, 0.1) is 41.5 Å². The van der Waals surface area contributed by atoms with E-state index >= 15 is 0 Å². The lowest BCUT2D eigenvalue weighted by Gasteiger charge is -2.25. The zero-order chi connectivity index (χ0) is 19.5. The fourth-order valence-corrected chi connectivity index (χ4v) is 4.86. The summed E-state index contributed by atoms with van der Waals surface area (Å²) in [5.74, 6) is 1.72. The van der Waals surface area contributed by atoms with Crippen LogP contribution in [0.1, 0.15) is 33.4 Å². The van der Waals surface area contributed by atoms with Crippen LogP contribution >= 0.6 is 18.3 Å². The highest BCUT2D eigenvalue weighted by atomic mass is 35.5. The van der Waals surface area contributed by atoms with Gasteiger partial charge in [0.1, 0.15) is 11.5 Å². The molecule has 0 saturated heterocycles. The van der Waals surface area contributed by atoms with Gasteiger partial charge >= 0.3 is 6.72 Å². The monoisotopic (exact) mass is 412 g/mol.